The van der Waals surface area contributed by atoms with Crippen LogP contribution in [0.2, 0.25) is 0 Å². The first kappa shape index (κ1) is 14.2. The van der Waals surface area contributed by atoms with Crippen molar-refractivity contribution in [3.63, 3.8) is 0 Å². The number of benzene rings is 1. The van der Waals surface area contributed by atoms with Crippen LogP contribution in [0.1, 0.15) is 39.0 Å². The van der Waals surface area contributed by atoms with Crippen molar-refractivity contribution in [3.05, 3.63) is 30.5 Å². The third-order valence-electron chi connectivity index (χ3n) is 4.66. The summed E-state index contributed by atoms with van der Waals surface area (Å²) in [6.45, 7) is 2.36. The highest BCUT2D eigenvalue weighted by molar-refractivity contribution is 5.92. The van der Waals surface area contributed by atoms with Crippen LogP contribution in [0.15, 0.2) is 30.5 Å². The smallest absolute Gasteiger partial charge is 0.134 e. The van der Waals surface area contributed by atoms with Crippen molar-refractivity contribution < 1.29 is 4.74 Å². The minimum absolute atomic E-state index is 0.535. The van der Waals surface area contributed by atoms with Gasteiger partial charge in [-0.05, 0) is 48.4 Å². The Hall–Kier alpha value is -1.77. The second-order valence-electron chi connectivity index (χ2n) is 6.11. The molecule has 0 spiro atoms. The molecular formula is C18H24N2O. The number of hydrogen-bond donors (Lipinski definition) is 1. The van der Waals surface area contributed by atoms with Crippen LogP contribution in [0, 0.1) is 5.92 Å². The van der Waals surface area contributed by atoms with Crippen molar-refractivity contribution in [2.75, 3.05) is 12.4 Å². The van der Waals surface area contributed by atoms with E-state index in [-0.39, 0.29) is 0 Å². The molecule has 0 bridgehead atoms. The van der Waals surface area contributed by atoms with Crippen LogP contribution in [0.25, 0.3) is 10.8 Å². The topological polar surface area (TPSA) is 34.1 Å². The van der Waals surface area contributed by atoms with Gasteiger partial charge in [-0.3, -0.25) is 0 Å². The van der Waals surface area contributed by atoms with Crippen LogP contribution in [0.3, 0.4) is 0 Å². The summed E-state index contributed by atoms with van der Waals surface area (Å²) in [5.41, 5.74) is 0. The summed E-state index contributed by atoms with van der Waals surface area (Å²) in [6, 6.07) is 8.75. The van der Waals surface area contributed by atoms with E-state index >= 15 is 0 Å². The molecule has 0 aliphatic heterocycles. The molecule has 0 radical (unpaired) electrons. The van der Waals surface area contributed by atoms with E-state index in [4.69, 9.17) is 4.74 Å². The highest BCUT2D eigenvalue weighted by Gasteiger charge is 2.20. The molecular weight excluding hydrogens is 260 g/mol. The van der Waals surface area contributed by atoms with Gasteiger partial charge in [-0.1, -0.05) is 26.2 Å². The lowest BCUT2D eigenvalue weighted by molar-refractivity contribution is 0.415. The lowest BCUT2D eigenvalue weighted by Crippen LogP contribution is -2.26. The van der Waals surface area contributed by atoms with E-state index in [2.05, 4.69) is 29.4 Å². The van der Waals surface area contributed by atoms with Crippen LogP contribution in [0.5, 0.6) is 5.75 Å². The predicted molar refractivity (Wildman–Crippen MR) is 88.0 cm³/mol. The van der Waals surface area contributed by atoms with Crippen molar-refractivity contribution in [2.24, 2.45) is 5.92 Å². The lowest BCUT2D eigenvalue weighted by Gasteiger charge is -2.24. The van der Waals surface area contributed by atoms with E-state index in [0.717, 1.165) is 11.6 Å². The third kappa shape index (κ3) is 3.12. The molecule has 0 saturated heterocycles. The molecule has 1 aromatic heterocycles. The fourth-order valence-electron chi connectivity index (χ4n) is 3.28. The number of pyridine rings is 1. The molecule has 2 atom stereocenters. The molecule has 1 aliphatic carbocycles. The first-order valence-corrected chi connectivity index (χ1v) is 7.97. The van der Waals surface area contributed by atoms with Gasteiger partial charge >= 0.3 is 0 Å². The Kier molecular flexibility index (Phi) is 4.28. The zero-order valence-corrected chi connectivity index (χ0v) is 12.9. The van der Waals surface area contributed by atoms with Gasteiger partial charge in [0.05, 0.1) is 7.11 Å². The number of hydrogen-bond acceptors (Lipinski definition) is 3. The number of fused-ring (bicyclic) bond motifs is 1. The van der Waals surface area contributed by atoms with E-state index in [9.17, 15) is 0 Å². The number of aromatic nitrogens is 1. The van der Waals surface area contributed by atoms with Gasteiger partial charge in [-0.25, -0.2) is 4.98 Å². The predicted octanol–water partition coefficient (Wildman–Crippen LogP) is 4.62. The van der Waals surface area contributed by atoms with Gasteiger partial charge in [-0.2, -0.15) is 0 Å². The van der Waals surface area contributed by atoms with Gasteiger partial charge in [-0.15, -0.1) is 0 Å². The Morgan fingerprint density at radius 3 is 2.86 bits per heavy atom. The van der Waals surface area contributed by atoms with Crippen LogP contribution in [0.4, 0.5) is 5.82 Å². The number of anilines is 1. The first-order valence-electron chi connectivity index (χ1n) is 7.97. The highest BCUT2D eigenvalue weighted by Crippen LogP contribution is 2.29. The van der Waals surface area contributed by atoms with Crippen molar-refractivity contribution in [3.8, 4) is 5.75 Å². The minimum atomic E-state index is 0.535. The highest BCUT2D eigenvalue weighted by atomic mass is 16.5. The molecule has 1 saturated carbocycles. The molecule has 1 aromatic carbocycles. The Labute approximate surface area is 126 Å². The average Bonchev–Trinajstić information content (AvgIpc) is 2.72. The Balaban J connectivity index is 1.89. The Bertz CT molecular complexity index is 611. The Morgan fingerprint density at radius 2 is 2.00 bits per heavy atom. The summed E-state index contributed by atoms with van der Waals surface area (Å²) in [6.07, 6.45) is 8.49. The standard InChI is InChI=1S/C18H24N2O/c1-13-6-4-3-5-7-17(13)20-18-16-9-8-15(21-2)12-14(16)10-11-19-18/h8-13,17H,3-7H2,1-2H3,(H,19,20). The van der Waals surface area contributed by atoms with Crippen molar-refractivity contribution in [2.45, 2.75) is 45.1 Å². The van der Waals surface area contributed by atoms with Crippen LogP contribution < -0.4 is 10.1 Å². The molecule has 1 heterocycles. The van der Waals surface area contributed by atoms with Gasteiger partial charge in [0.1, 0.15) is 11.6 Å². The van der Waals surface area contributed by atoms with Gasteiger partial charge in [0.15, 0.2) is 0 Å². The maximum atomic E-state index is 5.30. The maximum Gasteiger partial charge on any atom is 0.134 e. The number of ether oxygens (including phenoxy) is 1. The van der Waals surface area contributed by atoms with E-state index < -0.39 is 0 Å². The first-order chi connectivity index (χ1) is 10.3. The number of nitrogens with one attached hydrogen (secondary N) is 1. The molecule has 3 heteroatoms. The average molecular weight is 284 g/mol. The van der Waals surface area contributed by atoms with Crippen LogP contribution in [-0.2, 0) is 0 Å². The number of nitrogens with zero attached hydrogens (tertiary/aromatic N) is 1. The third-order valence-corrected chi connectivity index (χ3v) is 4.66. The number of rotatable bonds is 3. The monoisotopic (exact) mass is 284 g/mol. The van der Waals surface area contributed by atoms with Crippen molar-refractivity contribution >= 4 is 16.6 Å². The summed E-state index contributed by atoms with van der Waals surface area (Å²) < 4.78 is 5.30. The van der Waals surface area contributed by atoms with E-state index in [1.165, 1.54) is 42.9 Å². The summed E-state index contributed by atoms with van der Waals surface area (Å²) in [7, 11) is 1.70. The van der Waals surface area contributed by atoms with Crippen molar-refractivity contribution in [1.29, 1.82) is 0 Å². The molecule has 2 aromatic rings. The fourth-order valence-corrected chi connectivity index (χ4v) is 3.28. The molecule has 1 N–H and O–H groups in total. The largest absolute Gasteiger partial charge is 0.497 e. The second kappa shape index (κ2) is 6.33. The summed E-state index contributed by atoms with van der Waals surface area (Å²) >= 11 is 0. The maximum absolute atomic E-state index is 5.30. The van der Waals surface area contributed by atoms with Gasteiger partial charge < -0.3 is 10.1 Å². The summed E-state index contributed by atoms with van der Waals surface area (Å²) in [4.78, 5) is 4.57. The minimum Gasteiger partial charge on any atom is -0.497 e. The SMILES string of the molecule is COc1ccc2c(NC3CCCCCC3C)nccc2c1. The molecule has 0 amide bonds. The normalized spacial score (nSPS) is 22.8. The van der Waals surface area contributed by atoms with Gasteiger partial charge in [0.2, 0.25) is 0 Å². The molecule has 3 rings (SSSR count). The second-order valence-corrected chi connectivity index (χ2v) is 6.11. The quantitative estimate of drug-likeness (QED) is 0.835. The fraction of sp³-hybridized carbons (Fsp3) is 0.500. The van der Waals surface area contributed by atoms with Crippen LogP contribution >= 0.6 is 0 Å². The van der Waals surface area contributed by atoms with Gasteiger partial charge in [0, 0.05) is 17.6 Å². The molecule has 2 unspecified atom stereocenters. The van der Waals surface area contributed by atoms with E-state index in [1.807, 2.05) is 18.3 Å². The van der Waals surface area contributed by atoms with Gasteiger partial charge in [0.25, 0.3) is 0 Å². The van der Waals surface area contributed by atoms with Crippen molar-refractivity contribution in [1.82, 2.24) is 4.98 Å². The summed E-state index contributed by atoms with van der Waals surface area (Å²) in [5, 5.41) is 6.05. The zero-order chi connectivity index (χ0) is 14.7. The zero-order valence-electron chi connectivity index (χ0n) is 12.9. The molecule has 3 nitrogen and oxygen atoms in total. The molecule has 112 valence electrons. The van der Waals surface area contributed by atoms with E-state index in [1.54, 1.807) is 7.11 Å². The van der Waals surface area contributed by atoms with E-state index in [0.29, 0.717) is 12.0 Å². The molecule has 1 aliphatic rings. The Morgan fingerprint density at radius 1 is 1.14 bits per heavy atom. The van der Waals surface area contributed by atoms with Crippen LogP contribution in [-0.4, -0.2) is 18.1 Å². The molecule has 1 fully saturated rings. The summed E-state index contributed by atoms with van der Waals surface area (Å²) in [5.74, 6) is 2.61. The number of methoxy groups -OCH3 is 1. The molecule has 21 heavy (non-hydrogen) atoms. The lowest BCUT2D eigenvalue weighted by atomic mass is 9.97.